The molecule has 0 aliphatic heterocycles. The maximum atomic E-state index is 12.8. The van der Waals surface area contributed by atoms with Crippen molar-refractivity contribution in [1.29, 1.82) is 0 Å². The zero-order chi connectivity index (χ0) is 10.8. The second-order valence-electron chi connectivity index (χ2n) is 4.40. The number of aliphatic hydroxyl groups is 1. The molecule has 1 aliphatic rings. The molecule has 2 nitrogen and oxygen atoms in total. The van der Waals surface area contributed by atoms with E-state index in [9.17, 15) is 13.9 Å². The van der Waals surface area contributed by atoms with Crippen LogP contribution in [0.15, 0.2) is 0 Å². The van der Waals surface area contributed by atoms with E-state index in [1.165, 1.54) is 0 Å². The van der Waals surface area contributed by atoms with E-state index in [-0.39, 0.29) is 24.7 Å². The highest BCUT2D eigenvalue weighted by Gasteiger charge is 2.38. The lowest BCUT2D eigenvalue weighted by atomic mass is 9.79. The van der Waals surface area contributed by atoms with Crippen molar-refractivity contribution in [3.63, 3.8) is 0 Å². The Kier molecular flexibility index (Phi) is 3.84. The van der Waals surface area contributed by atoms with E-state index in [0.29, 0.717) is 19.4 Å². The maximum absolute atomic E-state index is 12.8. The van der Waals surface area contributed by atoms with Crippen LogP contribution < -0.4 is 5.73 Å². The number of nitrogens with two attached hydrogens (primary N) is 1. The zero-order valence-corrected chi connectivity index (χ0v) is 8.55. The molecule has 0 aromatic rings. The van der Waals surface area contributed by atoms with Crippen molar-refractivity contribution >= 4 is 0 Å². The molecule has 2 atom stereocenters. The molecule has 0 aromatic carbocycles. The number of alkyl halides is 2. The number of rotatable bonds is 3. The molecule has 14 heavy (non-hydrogen) atoms. The van der Waals surface area contributed by atoms with E-state index >= 15 is 0 Å². The first-order valence-corrected chi connectivity index (χ1v) is 5.22. The molecule has 0 aromatic heterocycles. The standard InChI is InChI=1S/C10H19F2NO/c1-7(6-13)9(14)8-2-4-10(11,12)5-3-8/h7-9,14H,2-6,13H2,1H3. The van der Waals surface area contributed by atoms with Crippen molar-refractivity contribution in [2.75, 3.05) is 6.54 Å². The summed E-state index contributed by atoms with van der Waals surface area (Å²) >= 11 is 0. The lowest BCUT2D eigenvalue weighted by Crippen LogP contribution is -2.36. The Hall–Kier alpha value is -0.220. The minimum absolute atomic E-state index is 0.00622. The van der Waals surface area contributed by atoms with Crippen molar-refractivity contribution in [2.24, 2.45) is 17.6 Å². The first kappa shape index (κ1) is 11.9. The second kappa shape index (κ2) is 4.53. The van der Waals surface area contributed by atoms with E-state index in [1.807, 2.05) is 6.92 Å². The largest absolute Gasteiger partial charge is 0.393 e. The first-order chi connectivity index (χ1) is 6.46. The molecule has 0 bridgehead atoms. The van der Waals surface area contributed by atoms with E-state index in [0.717, 1.165) is 0 Å². The molecule has 0 radical (unpaired) electrons. The van der Waals surface area contributed by atoms with E-state index in [4.69, 9.17) is 5.73 Å². The van der Waals surface area contributed by atoms with Crippen LogP contribution in [0, 0.1) is 11.8 Å². The van der Waals surface area contributed by atoms with E-state index in [1.54, 1.807) is 0 Å². The average molecular weight is 207 g/mol. The minimum Gasteiger partial charge on any atom is -0.393 e. The monoisotopic (exact) mass is 207 g/mol. The molecule has 1 aliphatic carbocycles. The quantitative estimate of drug-likeness (QED) is 0.740. The van der Waals surface area contributed by atoms with Crippen molar-refractivity contribution in [1.82, 2.24) is 0 Å². The SMILES string of the molecule is CC(CN)C(O)C1CCC(F)(F)CC1. The maximum Gasteiger partial charge on any atom is 0.248 e. The fourth-order valence-electron chi connectivity index (χ4n) is 2.01. The van der Waals surface area contributed by atoms with E-state index < -0.39 is 12.0 Å². The van der Waals surface area contributed by atoms with E-state index in [2.05, 4.69) is 0 Å². The summed E-state index contributed by atoms with van der Waals surface area (Å²) in [6.45, 7) is 2.27. The van der Waals surface area contributed by atoms with Gasteiger partial charge in [0.2, 0.25) is 5.92 Å². The fourth-order valence-corrected chi connectivity index (χ4v) is 2.01. The van der Waals surface area contributed by atoms with Gasteiger partial charge < -0.3 is 10.8 Å². The third-order valence-corrected chi connectivity index (χ3v) is 3.20. The van der Waals surface area contributed by atoms with Gasteiger partial charge in [-0.05, 0) is 31.2 Å². The molecule has 84 valence electrons. The lowest BCUT2D eigenvalue weighted by Gasteiger charge is -2.33. The Morgan fingerprint density at radius 3 is 2.36 bits per heavy atom. The predicted molar refractivity (Wildman–Crippen MR) is 51.1 cm³/mol. The molecule has 1 saturated carbocycles. The van der Waals surface area contributed by atoms with Gasteiger partial charge >= 0.3 is 0 Å². The van der Waals surface area contributed by atoms with Gasteiger partial charge in [-0.2, -0.15) is 0 Å². The lowest BCUT2D eigenvalue weighted by molar-refractivity contribution is -0.0685. The van der Waals surface area contributed by atoms with Crippen LogP contribution in [0.25, 0.3) is 0 Å². The normalized spacial score (nSPS) is 27.2. The molecule has 0 amide bonds. The van der Waals surface area contributed by atoms with Crippen molar-refractivity contribution in [3.05, 3.63) is 0 Å². The molecule has 3 N–H and O–H groups in total. The summed E-state index contributed by atoms with van der Waals surface area (Å²) in [5.74, 6) is -2.50. The average Bonchev–Trinajstić information content (AvgIpc) is 2.15. The fraction of sp³-hybridized carbons (Fsp3) is 1.00. The Morgan fingerprint density at radius 2 is 1.93 bits per heavy atom. The van der Waals surface area contributed by atoms with Crippen LogP contribution in [0.2, 0.25) is 0 Å². The molecule has 4 heteroatoms. The number of hydrogen-bond acceptors (Lipinski definition) is 2. The van der Waals surface area contributed by atoms with Gasteiger partial charge in [0.15, 0.2) is 0 Å². The topological polar surface area (TPSA) is 46.2 Å². The van der Waals surface area contributed by atoms with Gasteiger partial charge in [-0.25, -0.2) is 8.78 Å². The third-order valence-electron chi connectivity index (χ3n) is 3.20. The number of aliphatic hydroxyl groups excluding tert-OH is 1. The summed E-state index contributed by atoms with van der Waals surface area (Å²) in [4.78, 5) is 0. The van der Waals surface area contributed by atoms with Gasteiger partial charge in [0.05, 0.1) is 6.10 Å². The third kappa shape index (κ3) is 2.89. The molecular weight excluding hydrogens is 188 g/mol. The van der Waals surface area contributed by atoms with Crippen LogP contribution in [-0.4, -0.2) is 23.7 Å². The van der Waals surface area contributed by atoms with Gasteiger partial charge in [-0.3, -0.25) is 0 Å². The molecule has 2 unspecified atom stereocenters. The molecule has 0 spiro atoms. The van der Waals surface area contributed by atoms with Crippen LogP contribution in [0.5, 0.6) is 0 Å². The molecule has 0 heterocycles. The predicted octanol–water partition coefficient (Wildman–Crippen LogP) is 1.77. The number of hydrogen-bond donors (Lipinski definition) is 2. The van der Waals surface area contributed by atoms with Crippen molar-refractivity contribution in [2.45, 2.75) is 44.6 Å². The summed E-state index contributed by atoms with van der Waals surface area (Å²) < 4.78 is 25.6. The molecule has 1 rings (SSSR count). The minimum atomic E-state index is -2.51. The van der Waals surface area contributed by atoms with Gasteiger partial charge in [-0.1, -0.05) is 6.92 Å². The van der Waals surface area contributed by atoms with Crippen molar-refractivity contribution in [3.8, 4) is 0 Å². The van der Waals surface area contributed by atoms with Crippen LogP contribution in [-0.2, 0) is 0 Å². The highest BCUT2D eigenvalue weighted by Crippen LogP contribution is 2.38. The van der Waals surface area contributed by atoms with Gasteiger partial charge in [0.1, 0.15) is 0 Å². The summed E-state index contributed by atoms with van der Waals surface area (Å²) in [5.41, 5.74) is 5.42. The summed E-state index contributed by atoms with van der Waals surface area (Å²) in [6, 6.07) is 0. The molecule has 1 fully saturated rings. The van der Waals surface area contributed by atoms with Crippen LogP contribution >= 0.6 is 0 Å². The second-order valence-corrected chi connectivity index (χ2v) is 4.40. The smallest absolute Gasteiger partial charge is 0.248 e. The first-order valence-electron chi connectivity index (χ1n) is 5.22. The van der Waals surface area contributed by atoms with Gasteiger partial charge in [0.25, 0.3) is 0 Å². The van der Waals surface area contributed by atoms with Crippen molar-refractivity contribution < 1.29 is 13.9 Å². The Morgan fingerprint density at radius 1 is 1.43 bits per heavy atom. The summed E-state index contributed by atoms with van der Waals surface area (Å²) in [7, 11) is 0. The van der Waals surface area contributed by atoms with Crippen LogP contribution in [0.4, 0.5) is 8.78 Å². The van der Waals surface area contributed by atoms with Gasteiger partial charge in [-0.15, -0.1) is 0 Å². The van der Waals surface area contributed by atoms with Crippen LogP contribution in [0.3, 0.4) is 0 Å². The summed E-state index contributed by atoms with van der Waals surface area (Å²) in [6.07, 6.45) is 0.130. The molecular formula is C10H19F2NO. The van der Waals surface area contributed by atoms with Crippen LogP contribution in [0.1, 0.15) is 32.6 Å². The Bertz CT molecular complexity index is 177. The Balaban J connectivity index is 2.41. The van der Waals surface area contributed by atoms with Gasteiger partial charge in [0, 0.05) is 12.8 Å². The zero-order valence-electron chi connectivity index (χ0n) is 8.55. The number of halogens is 2. The highest BCUT2D eigenvalue weighted by molar-refractivity contribution is 4.83. The summed E-state index contributed by atoms with van der Waals surface area (Å²) in [5, 5.41) is 9.79. The molecule has 0 saturated heterocycles. The highest BCUT2D eigenvalue weighted by atomic mass is 19.3. The Labute approximate surface area is 83.5 Å².